The third kappa shape index (κ3) is 6.34. The number of amides is 2. The molecule has 0 fully saturated rings. The van der Waals surface area contributed by atoms with Gasteiger partial charge in [-0.3, -0.25) is 9.59 Å². The van der Waals surface area contributed by atoms with Crippen molar-refractivity contribution in [2.75, 3.05) is 13.2 Å². The molecular formula is C26H32N2O5. The number of fused-ring (bicyclic) bond motifs is 3. The monoisotopic (exact) mass is 452 g/mol. The summed E-state index contributed by atoms with van der Waals surface area (Å²) in [5.74, 6) is -1.95. The Hall–Kier alpha value is -3.35. The van der Waals surface area contributed by atoms with E-state index >= 15 is 0 Å². The molecule has 1 aliphatic carbocycles. The van der Waals surface area contributed by atoms with Crippen molar-refractivity contribution in [3.8, 4) is 11.1 Å². The summed E-state index contributed by atoms with van der Waals surface area (Å²) in [5.41, 5.74) is 4.60. The van der Waals surface area contributed by atoms with E-state index in [2.05, 4.69) is 34.9 Å². The standard InChI is InChI=1S/C26H32N2O5/c1-3-4-9-18(14-24(29)27-15-17(2)25(30)31)28-26(32)33-16-23-21-12-7-5-10-19(21)20-11-6-8-13-22(20)23/h5-8,10-13,17-18,23H,3-4,9,14-16H2,1-2H3,(H,27,29)(H,28,32)(H,30,31)/t17?,18-/m0/s1. The van der Waals surface area contributed by atoms with Crippen LogP contribution in [0.3, 0.4) is 0 Å². The van der Waals surface area contributed by atoms with Crippen LogP contribution in [0.2, 0.25) is 0 Å². The van der Waals surface area contributed by atoms with Gasteiger partial charge < -0.3 is 20.5 Å². The van der Waals surface area contributed by atoms with Gasteiger partial charge in [-0.2, -0.15) is 0 Å². The summed E-state index contributed by atoms with van der Waals surface area (Å²) in [6.45, 7) is 3.84. The third-order valence-corrected chi connectivity index (χ3v) is 6.03. The molecule has 0 heterocycles. The number of ether oxygens (including phenoxy) is 1. The molecule has 0 aliphatic heterocycles. The third-order valence-electron chi connectivity index (χ3n) is 6.03. The first-order chi connectivity index (χ1) is 15.9. The summed E-state index contributed by atoms with van der Waals surface area (Å²) in [6, 6.07) is 15.9. The summed E-state index contributed by atoms with van der Waals surface area (Å²) in [5, 5.41) is 14.4. The van der Waals surface area contributed by atoms with Crippen LogP contribution in [0.15, 0.2) is 48.5 Å². The molecule has 176 valence electrons. The molecule has 0 bridgehead atoms. The molecule has 2 aromatic rings. The molecule has 0 aromatic heterocycles. The van der Waals surface area contributed by atoms with Crippen molar-refractivity contribution in [1.29, 1.82) is 0 Å². The topological polar surface area (TPSA) is 105 Å². The van der Waals surface area contributed by atoms with Crippen LogP contribution >= 0.6 is 0 Å². The van der Waals surface area contributed by atoms with Gasteiger partial charge in [0.25, 0.3) is 0 Å². The molecule has 1 unspecified atom stereocenters. The van der Waals surface area contributed by atoms with Crippen LogP contribution in [0.4, 0.5) is 4.79 Å². The number of carbonyl (C=O) groups excluding carboxylic acids is 2. The van der Waals surface area contributed by atoms with Crippen molar-refractivity contribution >= 4 is 18.0 Å². The van der Waals surface area contributed by atoms with Gasteiger partial charge in [-0.05, 0) is 28.7 Å². The number of hydrogen-bond acceptors (Lipinski definition) is 4. The predicted octanol–water partition coefficient (Wildman–Crippen LogP) is 4.31. The van der Waals surface area contributed by atoms with Crippen LogP contribution in [-0.2, 0) is 14.3 Å². The Morgan fingerprint density at radius 2 is 1.64 bits per heavy atom. The SMILES string of the molecule is CCCC[C@@H](CC(=O)NCC(C)C(=O)O)NC(=O)OCC1c2ccccc2-c2ccccc21. The van der Waals surface area contributed by atoms with Gasteiger partial charge in [0, 0.05) is 24.9 Å². The first kappa shape index (κ1) is 24.3. The largest absolute Gasteiger partial charge is 0.481 e. The van der Waals surface area contributed by atoms with Gasteiger partial charge in [0.05, 0.1) is 5.92 Å². The fraction of sp³-hybridized carbons (Fsp3) is 0.423. The lowest BCUT2D eigenvalue weighted by atomic mass is 9.98. The summed E-state index contributed by atoms with van der Waals surface area (Å²) < 4.78 is 5.60. The van der Waals surface area contributed by atoms with E-state index in [1.807, 2.05) is 31.2 Å². The molecule has 2 aromatic carbocycles. The fourth-order valence-corrected chi connectivity index (χ4v) is 4.13. The van der Waals surface area contributed by atoms with E-state index in [0.717, 1.165) is 35.1 Å². The van der Waals surface area contributed by atoms with Gasteiger partial charge >= 0.3 is 12.1 Å². The number of carboxylic acid groups (broad SMARTS) is 1. The first-order valence-corrected chi connectivity index (χ1v) is 11.5. The summed E-state index contributed by atoms with van der Waals surface area (Å²) in [6.07, 6.45) is 1.96. The minimum atomic E-state index is -0.963. The lowest BCUT2D eigenvalue weighted by Gasteiger charge is -2.20. The van der Waals surface area contributed by atoms with Gasteiger partial charge in [0.2, 0.25) is 5.91 Å². The van der Waals surface area contributed by atoms with Gasteiger partial charge in [0.1, 0.15) is 6.61 Å². The van der Waals surface area contributed by atoms with Crippen LogP contribution in [0, 0.1) is 5.92 Å². The molecule has 0 spiro atoms. The summed E-state index contributed by atoms with van der Waals surface area (Å²) >= 11 is 0. The molecule has 0 radical (unpaired) electrons. The smallest absolute Gasteiger partial charge is 0.407 e. The van der Waals surface area contributed by atoms with Crippen LogP contribution in [0.25, 0.3) is 11.1 Å². The van der Waals surface area contributed by atoms with E-state index in [9.17, 15) is 14.4 Å². The average molecular weight is 453 g/mol. The van der Waals surface area contributed by atoms with Gasteiger partial charge in [-0.15, -0.1) is 0 Å². The Morgan fingerprint density at radius 1 is 1.03 bits per heavy atom. The number of carbonyl (C=O) groups is 3. The molecule has 0 saturated heterocycles. The molecule has 33 heavy (non-hydrogen) atoms. The maximum atomic E-state index is 12.6. The van der Waals surface area contributed by atoms with Crippen molar-refractivity contribution in [3.63, 3.8) is 0 Å². The lowest BCUT2D eigenvalue weighted by Crippen LogP contribution is -2.41. The zero-order chi connectivity index (χ0) is 23.8. The van der Waals surface area contributed by atoms with Crippen molar-refractivity contribution in [2.24, 2.45) is 5.92 Å². The van der Waals surface area contributed by atoms with E-state index in [0.29, 0.717) is 6.42 Å². The molecule has 2 atom stereocenters. The minimum absolute atomic E-state index is 0.0296. The zero-order valence-electron chi connectivity index (χ0n) is 19.2. The van der Waals surface area contributed by atoms with Gasteiger partial charge in [-0.25, -0.2) is 4.79 Å². The van der Waals surface area contributed by atoms with Crippen LogP contribution in [0.5, 0.6) is 0 Å². The van der Waals surface area contributed by atoms with Crippen molar-refractivity contribution in [3.05, 3.63) is 59.7 Å². The molecule has 3 N–H and O–H groups in total. The Morgan fingerprint density at radius 3 is 2.21 bits per heavy atom. The van der Waals surface area contributed by atoms with Crippen molar-refractivity contribution in [2.45, 2.75) is 51.5 Å². The van der Waals surface area contributed by atoms with E-state index in [-0.39, 0.29) is 37.4 Å². The van der Waals surface area contributed by atoms with E-state index in [1.54, 1.807) is 0 Å². The number of aliphatic carboxylic acids is 1. The van der Waals surface area contributed by atoms with E-state index in [4.69, 9.17) is 9.84 Å². The molecule has 2 amide bonds. The first-order valence-electron chi connectivity index (χ1n) is 11.5. The second-order valence-corrected chi connectivity index (χ2v) is 8.56. The Kier molecular flexibility index (Phi) is 8.46. The Labute approximate surface area is 194 Å². The van der Waals surface area contributed by atoms with Crippen LogP contribution in [-0.4, -0.2) is 42.3 Å². The molecule has 0 saturated carbocycles. The zero-order valence-corrected chi connectivity index (χ0v) is 19.2. The molecule has 7 nitrogen and oxygen atoms in total. The average Bonchev–Trinajstić information content (AvgIpc) is 3.13. The second kappa shape index (κ2) is 11.5. The maximum absolute atomic E-state index is 12.6. The number of carboxylic acids is 1. The van der Waals surface area contributed by atoms with E-state index in [1.165, 1.54) is 6.92 Å². The number of nitrogens with one attached hydrogen (secondary N) is 2. The Balaban J connectivity index is 1.57. The van der Waals surface area contributed by atoms with Gasteiger partial charge in [-0.1, -0.05) is 75.2 Å². The normalized spacial score (nSPS) is 14.0. The number of benzene rings is 2. The summed E-state index contributed by atoms with van der Waals surface area (Å²) in [4.78, 5) is 35.8. The van der Waals surface area contributed by atoms with Crippen molar-refractivity contribution in [1.82, 2.24) is 10.6 Å². The molecule has 1 aliphatic rings. The lowest BCUT2D eigenvalue weighted by molar-refractivity contribution is -0.141. The minimum Gasteiger partial charge on any atom is -0.481 e. The van der Waals surface area contributed by atoms with Gasteiger partial charge in [0.15, 0.2) is 0 Å². The number of rotatable bonds is 11. The highest BCUT2D eigenvalue weighted by Crippen LogP contribution is 2.44. The molecular weight excluding hydrogens is 420 g/mol. The highest BCUT2D eigenvalue weighted by Gasteiger charge is 2.29. The van der Waals surface area contributed by atoms with Crippen molar-refractivity contribution < 1.29 is 24.2 Å². The number of hydrogen-bond donors (Lipinski definition) is 3. The maximum Gasteiger partial charge on any atom is 0.407 e. The summed E-state index contributed by atoms with van der Waals surface area (Å²) in [7, 11) is 0. The Bertz CT molecular complexity index is 945. The highest BCUT2D eigenvalue weighted by atomic mass is 16.5. The van der Waals surface area contributed by atoms with E-state index < -0.39 is 18.0 Å². The number of unbranched alkanes of at least 4 members (excludes halogenated alkanes) is 1. The highest BCUT2D eigenvalue weighted by molar-refractivity contribution is 5.80. The van der Waals surface area contributed by atoms with Crippen LogP contribution in [0.1, 0.15) is 56.6 Å². The second-order valence-electron chi connectivity index (χ2n) is 8.56. The van der Waals surface area contributed by atoms with Crippen LogP contribution < -0.4 is 10.6 Å². The number of alkyl carbamates (subject to hydrolysis) is 1. The quantitative estimate of drug-likeness (QED) is 0.471. The fourth-order valence-electron chi connectivity index (χ4n) is 4.13. The molecule has 3 rings (SSSR count). The molecule has 7 heteroatoms. The predicted molar refractivity (Wildman–Crippen MR) is 126 cm³/mol.